The van der Waals surface area contributed by atoms with Crippen molar-refractivity contribution >= 4 is 16.8 Å². The summed E-state index contributed by atoms with van der Waals surface area (Å²) in [5.41, 5.74) is 1.77. The van der Waals surface area contributed by atoms with Crippen LogP contribution in [0.5, 0.6) is 11.5 Å². The molecule has 3 aromatic rings. The standard InChI is InChI=1S/C21H23N3O2/c1-22-10-12-24(13-11-22)21(25)20-15-16-14-18(8-9-19(16)23(20)2)26-17-6-4-3-5-7-17/h3-9,14-15H,10-13H2,1-2H3/p+1. The molecule has 0 aliphatic carbocycles. The van der Waals surface area contributed by atoms with Gasteiger partial charge in [-0.2, -0.15) is 0 Å². The lowest BCUT2D eigenvalue weighted by Gasteiger charge is -2.30. The fourth-order valence-corrected chi connectivity index (χ4v) is 3.47. The van der Waals surface area contributed by atoms with Gasteiger partial charge in [0.15, 0.2) is 0 Å². The Bertz CT molecular complexity index is 925. The Hall–Kier alpha value is -2.79. The fourth-order valence-electron chi connectivity index (χ4n) is 3.47. The van der Waals surface area contributed by atoms with E-state index in [1.54, 1.807) is 0 Å². The van der Waals surface area contributed by atoms with Gasteiger partial charge in [0.05, 0.1) is 33.2 Å². The van der Waals surface area contributed by atoms with Gasteiger partial charge in [0.2, 0.25) is 0 Å². The van der Waals surface area contributed by atoms with Crippen LogP contribution in [0.25, 0.3) is 10.9 Å². The Labute approximate surface area is 153 Å². The van der Waals surface area contributed by atoms with Gasteiger partial charge >= 0.3 is 0 Å². The number of quaternary nitrogens is 1. The lowest BCUT2D eigenvalue weighted by Crippen LogP contribution is -3.12. The maximum Gasteiger partial charge on any atom is 0.270 e. The summed E-state index contributed by atoms with van der Waals surface area (Å²) in [6, 6.07) is 17.6. The zero-order valence-corrected chi connectivity index (χ0v) is 15.2. The Morgan fingerprint density at radius 1 is 1.00 bits per heavy atom. The molecule has 1 aliphatic rings. The SMILES string of the molecule is Cn1c(C(=O)N2CC[NH+](C)CC2)cc2cc(Oc3ccccc3)ccc21. The van der Waals surface area contributed by atoms with Crippen LogP contribution in [-0.4, -0.2) is 48.6 Å². The van der Waals surface area contributed by atoms with E-state index in [0.717, 1.165) is 54.3 Å². The Balaban J connectivity index is 1.61. The molecule has 0 unspecified atom stereocenters. The zero-order chi connectivity index (χ0) is 18.1. The van der Waals surface area contributed by atoms with E-state index in [2.05, 4.69) is 7.05 Å². The van der Waals surface area contributed by atoms with Crippen LogP contribution in [0.15, 0.2) is 54.6 Å². The van der Waals surface area contributed by atoms with Gasteiger partial charge in [-0.25, -0.2) is 0 Å². The third-order valence-electron chi connectivity index (χ3n) is 5.12. The van der Waals surface area contributed by atoms with E-state index >= 15 is 0 Å². The first kappa shape index (κ1) is 16.7. The number of nitrogens with one attached hydrogen (secondary N) is 1. The van der Waals surface area contributed by atoms with Crippen LogP contribution in [0, 0.1) is 0 Å². The van der Waals surface area contributed by atoms with Gasteiger partial charge < -0.3 is 19.1 Å². The third-order valence-corrected chi connectivity index (χ3v) is 5.12. The molecule has 0 radical (unpaired) electrons. The van der Waals surface area contributed by atoms with Gasteiger partial charge in [-0.15, -0.1) is 0 Å². The number of fused-ring (bicyclic) bond motifs is 1. The number of amides is 1. The average molecular weight is 350 g/mol. The van der Waals surface area contributed by atoms with E-state index in [1.165, 1.54) is 4.90 Å². The van der Waals surface area contributed by atoms with Crippen LogP contribution in [-0.2, 0) is 7.05 Å². The first-order valence-electron chi connectivity index (χ1n) is 9.05. The minimum Gasteiger partial charge on any atom is -0.457 e. The molecule has 26 heavy (non-hydrogen) atoms. The van der Waals surface area contributed by atoms with Crippen molar-refractivity contribution in [3.8, 4) is 11.5 Å². The molecule has 1 N–H and O–H groups in total. The molecular formula is C21H24N3O2+. The number of rotatable bonds is 3. The summed E-state index contributed by atoms with van der Waals surface area (Å²) in [6.07, 6.45) is 0. The highest BCUT2D eigenvalue weighted by molar-refractivity contribution is 5.99. The lowest BCUT2D eigenvalue weighted by atomic mass is 10.2. The Morgan fingerprint density at radius 2 is 1.73 bits per heavy atom. The number of ether oxygens (including phenoxy) is 1. The van der Waals surface area contributed by atoms with Crippen molar-refractivity contribution in [1.29, 1.82) is 0 Å². The molecule has 1 amide bonds. The molecule has 2 aromatic carbocycles. The molecule has 5 nitrogen and oxygen atoms in total. The summed E-state index contributed by atoms with van der Waals surface area (Å²) in [5, 5.41) is 1.02. The first-order chi connectivity index (χ1) is 12.6. The highest BCUT2D eigenvalue weighted by Crippen LogP contribution is 2.27. The lowest BCUT2D eigenvalue weighted by molar-refractivity contribution is -0.883. The predicted molar refractivity (Wildman–Crippen MR) is 102 cm³/mol. The number of para-hydroxylation sites is 1. The van der Waals surface area contributed by atoms with Gasteiger partial charge in [0.25, 0.3) is 5.91 Å². The number of carbonyl (C=O) groups is 1. The normalized spacial score (nSPS) is 15.4. The van der Waals surface area contributed by atoms with Crippen LogP contribution < -0.4 is 9.64 Å². The minimum atomic E-state index is 0.113. The minimum absolute atomic E-state index is 0.113. The number of nitrogens with zero attached hydrogens (tertiary/aromatic N) is 2. The number of likely N-dealkylation sites (N-methyl/N-ethyl adjacent to an activating group) is 1. The highest BCUT2D eigenvalue weighted by atomic mass is 16.5. The van der Waals surface area contributed by atoms with Crippen molar-refractivity contribution < 1.29 is 14.4 Å². The second-order valence-corrected chi connectivity index (χ2v) is 6.97. The third kappa shape index (κ3) is 3.18. The molecule has 4 rings (SSSR count). The molecular weight excluding hydrogens is 326 g/mol. The second-order valence-electron chi connectivity index (χ2n) is 6.97. The fraction of sp³-hybridized carbons (Fsp3) is 0.286. The monoisotopic (exact) mass is 350 g/mol. The molecule has 0 spiro atoms. The molecule has 1 aromatic heterocycles. The van der Waals surface area contributed by atoms with Crippen LogP contribution in [0.2, 0.25) is 0 Å². The van der Waals surface area contributed by atoms with Gasteiger partial charge in [0.1, 0.15) is 17.2 Å². The summed E-state index contributed by atoms with van der Waals surface area (Å²) in [5.74, 6) is 1.69. The van der Waals surface area contributed by atoms with Gasteiger partial charge in [-0.1, -0.05) is 18.2 Å². The Morgan fingerprint density at radius 3 is 2.46 bits per heavy atom. The molecule has 5 heteroatoms. The molecule has 1 fully saturated rings. The first-order valence-corrected chi connectivity index (χ1v) is 9.05. The van der Waals surface area contributed by atoms with Gasteiger partial charge in [-0.3, -0.25) is 4.79 Å². The quantitative estimate of drug-likeness (QED) is 0.784. The van der Waals surface area contributed by atoms with Gasteiger partial charge in [0, 0.05) is 18.0 Å². The van der Waals surface area contributed by atoms with Crippen molar-refractivity contribution in [2.24, 2.45) is 7.05 Å². The largest absolute Gasteiger partial charge is 0.457 e. The maximum atomic E-state index is 12.9. The van der Waals surface area contributed by atoms with E-state index in [-0.39, 0.29) is 5.91 Å². The molecule has 0 atom stereocenters. The molecule has 1 saturated heterocycles. The number of hydrogen-bond donors (Lipinski definition) is 1. The van der Waals surface area contributed by atoms with E-state index in [4.69, 9.17) is 4.74 Å². The van der Waals surface area contributed by atoms with Crippen molar-refractivity contribution in [1.82, 2.24) is 9.47 Å². The van der Waals surface area contributed by atoms with Crippen molar-refractivity contribution in [3.05, 3.63) is 60.3 Å². The average Bonchev–Trinajstić information content (AvgIpc) is 2.99. The van der Waals surface area contributed by atoms with E-state index in [1.807, 2.05) is 71.1 Å². The van der Waals surface area contributed by atoms with Crippen LogP contribution in [0.1, 0.15) is 10.5 Å². The zero-order valence-electron chi connectivity index (χ0n) is 15.2. The Kier molecular flexibility index (Phi) is 4.39. The number of carbonyl (C=O) groups excluding carboxylic acids is 1. The number of aryl methyl sites for hydroxylation is 1. The number of piperazine rings is 1. The van der Waals surface area contributed by atoms with Crippen molar-refractivity contribution in [3.63, 3.8) is 0 Å². The van der Waals surface area contributed by atoms with Crippen LogP contribution >= 0.6 is 0 Å². The topological polar surface area (TPSA) is 38.9 Å². The van der Waals surface area contributed by atoms with E-state index < -0.39 is 0 Å². The molecule has 134 valence electrons. The van der Waals surface area contributed by atoms with Crippen LogP contribution in [0.3, 0.4) is 0 Å². The van der Waals surface area contributed by atoms with Gasteiger partial charge in [-0.05, 0) is 36.4 Å². The summed E-state index contributed by atoms with van der Waals surface area (Å²) in [6.45, 7) is 3.64. The number of hydrogen-bond acceptors (Lipinski definition) is 2. The van der Waals surface area contributed by atoms with Crippen molar-refractivity contribution in [2.45, 2.75) is 0 Å². The molecule has 1 aliphatic heterocycles. The molecule has 0 bridgehead atoms. The molecule has 2 heterocycles. The number of benzene rings is 2. The number of aromatic nitrogens is 1. The molecule has 0 saturated carbocycles. The van der Waals surface area contributed by atoms with Crippen molar-refractivity contribution in [2.75, 3.05) is 33.2 Å². The predicted octanol–water partition coefficient (Wildman–Crippen LogP) is 1.94. The smallest absolute Gasteiger partial charge is 0.270 e. The summed E-state index contributed by atoms with van der Waals surface area (Å²) < 4.78 is 7.90. The van der Waals surface area contributed by atoms with E-state index in [0.29, 0.717) is 0 Å². The summed E-state index contributed by atoms with van der Waals surface area (Å²) >= 11 is 0. The van der Waals surface area contributed by atoms with Crippen LogP contribution in [0.4, 0.5) is 0 Å². The summed E-state index contributed by atoms with van der Waals surface area (Å²) in [7, 11) is 4.13. The highest BCUT2D eigenvalue weighted by Gasteiger charge is 2.25. The maximum absolute atomic E-state index is 12.9. The second kappa shape index (κ2) is 6.84. The summed E-state index contributed by atoms with van der Waals surface area (Å²) in [4.78, 5) is 16.4. The van der Waals surface area contributed by atoms with E-state index in [9.17, 15) is 4.79 Å².